The number of aromatic nitrogens is 2. The maximum Gasteiger partial charge on any atom is 0.222 e. The van der Waals surface area contributed by atoms with E-state index in [-0.39, 0.29) is 18.1 Å². The van der Waals surface area contributed by atoms with Crippen LogP contribution in [0.4, 0.5) is 0 Å². The van der Waals surface area contributed by atoms with Crippen molar-refractivity contribution in [3.63, 3.8) is 0 Å². The first-order valence-electron chi connectivity index (χ1n) is 5.17. The van der Waals surface area contributed by atoms with Crippen molar-refractivity contribution in [1.82, 2.24) is 14.9 Å². The number of carbonyl (C=O) groups is 1. The molecule has 5 heteroatoms. The van der Waals surface area contributed by atoms with Crippen molar-refractivity contribution >= 4 is 5.91 Å². The molecule has 15 heavy (non-hydrogen) atoms. The van der Waals surface area contributed by atoms with E-state index in [1.807, 2.05) is 10.8 Å². The van der Waals surface area contributed by atoms with E-state index in [2.05, 4.69) is 10.3 Å². The first-order chi connectivity index (χ1) is 7.24. The highest BCUT2D eigenvalue weighted by Gasteiger charge is 2.27. The first-order valence-corrected chi connectivity index (χ1v) is 5.17. The molecule has 0 aliphatic heterocycles. The van der Waals surface area contributed by atoms with Gasteiger partial charge in [0.2, 0.25) is 5.91 Å². The standard InChI is InChI=1S/C10H15N3O2/c14-9-5-8(6-9)12-10(15)1-3-13-4-2-11-7-13/h2,4,7-9,14H,1,3,5-6H2,(H,12,15). The predicted molar refractivity (Wildman–Crippen MR) is 54.0 cm³/mol. The fourth-order valence-corrected chi connectivity index (χ4v) is 1.66. The van der Waals surface area contributed by atoms with E-state index < -0.39 is 0 Å². The van der Waals surface area contributed by atoms with E-state index in [9.17, 15) is 4.79 Å². The molecule has 0 radical (unpaired) electrons. The number of aryl methyl sites for hydroxylation is 1. The fraction of sp³-hybridized carbons (Fsp3) is 0.600. The molecule has 1 saturated carbocycles. The lowest BCUT2D eigenvalue weighted by Gasteiger charge is -2.31. The van der Waals surface area contributed by atoms with Gasteiger partial charge in [-0.1, -0.05) is 0 Å². The van der Waals surface area contributed by atoms with Gasteiger partial charge < -0.3 is 15.0 Å². The highest BCUT2D eigenvalue weighted by Crippen LogP contribution is 2.19. The summed E-state index contributed by atoms with van der Waals surface area (Å²) >= 11 is 0. The topological polar surface area (TPSA) is 67.2 Å². The number of amides is 1. The second-order valence-electron chi connectivity index (χ2n) is 3.94. The summed E-state index contributed by atoms with van der Waals surface area (Å²) in [6.07, 6.45) is 6.85. The highest BCUT2D eigenvalue weighted by atomic mass is 16.3. The van der Waals surface area contributed by atoms with Gasteiger partial charge in [-0.05, 0) is 12.8 Å². The Kier molecular flexibility index (Phi) is 3.01. The van der Waals surface area contributed by atoms with Crippen LogP contribution in [0.25, 0.3) is 0 Å². The second-order valence-corrected chi connectivity index (χ2v) is 3.94. The van der Waals surface area contributed by atoms with Crippen molar-refractivity contribution in [3.8, 4) is 0 Å². The summed E-state index contributed by atoms with van der Waals surface area (Å²) in [6, 6.07) is 0.176. The third kappa shape index (κ3) is 2.79. The van der Waals surface area contributed by atoms with E-state index in [1.54, 1.807) is 12.5 Å². The number of nitrogens with one attached hydrogen (secondary N) is 1. The molecule has 1 heterocycles. The molecule has 2 rings (SSSR count). The Morgan fingerprint density at radius 2 is 2.40 bits per heavy atom. The molecule has 0 aromatic carbocycles. The summed E-state index contributed by atoms with van der Waals surface area (Å²) in [4.78, 5) is 15.3. The minimum Gasteiger partial charge on any atom is -0.393 e. The van der Waals surface area contributed by atoms with Gasteiger partial charge in [-0.15, -0.1) is 0 Å². The van der Waals surface area contributed by atoms with E-state index in [1.165, 1.54) is 0 Å². The largest absolute Gasteiger partial charge is 0.393 e. The number of nitrogens with zero attached hydrogens (tertiary/aromatic N) is 2. The van der Waals surface area contributed by atoms with Crippen molar-refractivity contribution in [1.29, 1.82) is 0 Å². The monoisotopic (exact) mass is 209 g/mol. The van der Waals surface area contributed by atoms with Gasteiger partial charge in [0.1, 0.15) is 0 Å². The minimum absolute atomic E-state index is 0.0422. The quantitative estimate of drug-likeness (QED) is 0.728. The van der Waals surface area contributed by atoms with Gasteiger partial charge >= 0.3 is 0 Å². The van der Waals surface area contributed by atoms with Gasteiger partial charge in [0, 0.05) is 31.4 Å². The molecule has 0 unspecified atom stereocenters. The smallest absolute Gasteiger partial charge is 0.222 e. The SMILES string of the molecule is O=C(CCn1ccnc1)NC1CC(O)C1. The van der Waals surface area contributed by atoms with Gasteiger partial charge in [-0.25, -0.2) is 4.98 Å². The van der Waals surface area contributed by atoms with E-state index in [0.717, 1.165) is 0 Å². The molecular weight excluding hydrogens is 194 g/mol. The van der Waals surface area contributed by atoms with Crippen LogP contribution in [0, 0.1) is 0 Å². The highest BCUT2D eigenvalue weighted by molar-refractivity contribution is 5.76. The molecule has 1 fully saturated rings. The van der Waals surface area contributed by atoms with Crippen LogP contribution in [-0.2, 0) is 11.3 Å². The molecule has 0 bridgehead atoms. The average Bonchev–Trinajstić information content (AvgIpc) is 2.65. The normalized spacial score (nSPS) is 24.6. The molecule has 1 aliphatic rings. The Bertz CT molecular complexity index is 317. The van der Waals surface area contributed by atoms with Gasteiger partial charge in [0.05, 0.1) is 12.4 Å². The Hall–Kier alpha value is -1.36. The molecule has 5 nitrogen and oxygen atoms in total. The van der Waals surface area contributed by atoms with Crippen molar-refractivity contribution in [2.45, 2.75) is 38.0 Å². The number of rotatable bonds is 4. The van der Waals surface area contributed by atoms with Crippen LogP contribution >= 0.6 is 0 Å². The van der Waals surface area contributed by atoms with Crippen LogP contribution in [0.1, 0.15) is 19.3 Å². The van der Waals surface area contributed by atoms with Crippen LogP contribution in [0.3, 0.4) is 0 Å². The Balaban J connectivity index is 1.65. The first kappa shape index (κ1) is 10.2. The number of hydrogen-bond donors (Lipinski definition) is 2. The summed E-state index contributed by atoms with van der Waals surface area (Å²) in [6.45, 7) is 0.654. The Morgan fingerprint density at radius 3 is 3.00 bits per heavy atom. The Labute approximate surface area is 88.1 Å². The zero-order valence-corrected chi connectivity index (χ0v) is 8.47. The lowest BCUT2D eigenvalue weighted by Crippen LogP contribution is -2.46. The van der Waals surface area contributed by atoms with E-state index >= 15 is 0 Å². The van der Waals surface area contributed by atoms with Gasteiger partial charge in [0.25, 0.3) is 0 Å². The van der Waals surface area contributed by atoms with Gasteiger partial charge in [-0.2, -0.15) is 0 Å². The van der Waals surface area contributed by atoms with E-state index in [4.69, 9.17) is 5.11 Å². The summed E-state index contributed by atoms with van der Waals surface area (Å²) in [7, 11) is 0. The van der Waals surface area contributed by atoms with Crippen LogP contribution in [0.2, 0.25) is 0 Å². The molecule has 0 atom stereocenters. The molecule has 1 aromatic heterocycles. The zero-order chi connectivity index (χ0) is 10.7. The molecular formula is C10H15N3O2. The molecule has 1 aromatic rings. The number of aliphatic hydroxyl groups excluding tert-OH is 1. The number of aliphatic hydroxyl groups is 1. The molecule has 82 valence electrons. The van der Waals surface area contributed by atoms with E-state index in [0.29, 0.717) is 25.8 Å². The third-order valence-corrected chi connectivity index (χ3v) is 2.63. The number of hydrogen-bond acceptors (Lipinski definition) is 3. The van der Waals surface area contributed by atoms with Crippen molar-refractivity contribution < 1.29 is 9.90 Å². The maximum absolute atomic E-state index is 11.4. The lowest BCUT2D eigenvalue weighted by atomic mass is 9.89. The van der Waals surface area contributed by atoms with Crippen molar-refractivity contribution in [2.75, 3.05) is 0 Å². The summed E-state index contributed by atoms with van der Waals surface area (Å²) in [5.74, 6) is 0.0422. The molecule has 0 saturated heterocycles. The summed E-state index contributed by atoms with van der Waals surface area (Å²) in [5, 5.41) is 11.9. The molecule has 1 amide bonds. The number of imidazole rings is 1. The Morgan fingerprint density at radius 1 is 1.60 bits per heavy atom. The summed E-state index contributed by atoms with van der Waals surface area (Å²) in [5.41, 5.74) is 0. The minimum atomic E-state index is -0.219. The van der Waals surface area contributed by atoms with Crippen LogP contribution < -0.4 is 5.32 Å². The van der Waals surface area contributed by atoms with Gasteiger partial charge in [0.15, 0.2) is 0 Å². The predicted octanol–water partition coefficient (Wildman–Crippen LogP) is -0.0873. The average molecular weight is 209 g/mol. The maximum atomic E-state index is 11.4. The number of carbonyl (C=O) groups excluding carboxylic acids is 1. The van der Waals surface area contributed by atoms with Gasteiger partial charge in [-0.3, -0.25) is 4.79 Å². The molecule has 0 spiro atoms. The summed E-state index contributed by atoms with van der Waals surface area (Å²) < 4.78 is 1.87. The fourth-order valence-electron chi connectivity index (χ4n) is 1.66. The third-order valence-electron chi connectivity index (χ3n) is 2.63. The second kappa shape index (κ2) is 4.44. The van der Waals surface area contributed by atoms with Crippen LogP contribution in [0.5, 0.6) is 0 Å². The molecule has 1 aliphatic carbocycles. The van der Waals surface area contributed by atoms with Crippen molar-refractivity contribution in [3.05, 3.63) is 18.7 Å². The van der Waals surface area contributed by atoms with Crippen LogP contribution in [0.15, 0.2) is 18.7 Å². The lowest BCUT2D eigenvalue weighted by molar-refractivity contribution is -0.123. The van der Waals surface area contributed by atoms with Crippen LogP contribution in [-0.4, -0.2) is 32.7 Å². The van der Waals surface area contributed by atoms with Crippen molar-refractivity contribution in [2.24, 2.45) is 0 Å². The molecule has 2 N–H and O–H groups in total. The zero-order valence-electron chi connectivity index (χ0n) is 8.47.